The summed E-state index contributed by atoms with van der Waals surface area (Å²) in [4.78, 5) is 18.7. The molecule has 0 saturated carbocycles. The third-order valence-electron chi connectivity index (χ3n) is 6.57. The van der Waals surface area contributed by atoms with Gasteiger partial charge in [0.1, 0.15) is 24.2 Å². The highest BCUT2D eigenvalue weighted by Crippen LogP contribution is 2.41. The lowest BCUT2D eigenvalue weighted by Gasteiger charge is -2.36. The number of ether oxygens (including phenoxy) is 3. The number of halogens is 2. The lowest BCUT2D eigenvalue weighted by atomic mass is 10.0. The Hall–Kier alpha value is -4.72. The maximum Gasteiger partial charge on any atom is 0.296 e. The van der Waals surface area contributed by atoms with Gasteiger partial charge in [0.05, 0.1) is 43.1 Å². The van der Waals surface area contributed by atoms with Crippen LogP contribution in [0, 0.1) is 6.92 Å². The number of aryl methyl sites for hydroxylation is 1. The molecule has 1 fully saturated rings. The van der Waals surface area contributed by atoms with Crippen LogP contribution in [0.25, 0.3) is 16.7 Å². The minimum Gasteiger partial charge on any atom is -0.478 e. The van der Waals surface area contributed by atoms with Crippen LogP contribution in [0.5, 0.6) is 23.1 Å². The van der Waals surface area contributed by atoms with Gasteiger partial charge in [-0.25, -0.2) is 28.7 Å². The second kappa shape index (κ2) is 10.1. The van der Waals surface area contributed by atoms with E-state index in [1.165, 1.54) is 26.0 Å². The van der Waals surface area contributed by atoms with Gasteiger partial charge in [-0.15, -0.1) is 10.2 Å². The molecular formula is C26H25F2N9O3. The Morgan fingerprint density at radius 2 is 2.00 bits per heavy atom. The van der Waals surface area contributed by atoms with Crippen molar-refractivity contribution in [3.63, 3.8) is 0 Å². The second-order valence-electron chi connectivity index (χ2n) is 9.51. The molecule has 5 aromatic rings. The summed E-state index contributed by atoms with van der Waals surface area (Å²) in [6.07, 6.45) is 6.48. The summed E-state index contributed by atoms with van der Waals surface area (Å²) in [5.41, 5.74) is 1.93. The number of hydrogen-bond donors (Lipinski definition) is 1. The summed E-state index contributed by atoms with van der Waals surface area (Å²) in [6.45, 7) is 1.96. The molecule has 0 radical (unpaired) electrons. The fraction of sp³-hybridized carbons (Fsp3) is 0.308. The van der Waals surface area contributed by atoms with Gasteiger partial charge in [0.15, 0.2) is 17.6 Å². The summed E-state index contributed by atoms with van der Waals surface area (Å²) >= 11 is 0. The van der Waals surface area contributed by atoms with Crippen LogP contribution in [0.15, 0.2) is 49.4 Å². The highest BCUT2D eigenvalue weighted by atomic mass is 19.3. The number of methoxy groups -OCH3 is 1. The molecule has 14 heteroatoms. The molecule has 206 valence electrons. The molecule has 1 aliphatic heterocycles. The van der Waals surface area contributed by atoms with E-state index in [1.54, 1.807) is 34.8 Å². The monoisotopic (exact) mass is 549 g/mol. The molecule has 0 spiro atoms. The first kappa shape index (κ1) is 25.6. The van der Waals surface area contributed by atoms with Crippen molar-refractivity contribution in [2.24, 2.45) is 0 Å². The fourth-order valence-electron chi connectivity index (χ4n) is 4.60. The van der Waals surface area contributed by atoms with Gasteiger partial charge in [-0.1, -0.05) is 0 Å². The zero-order chi connectivity index (χ0) is 27.9. The predicted octanol–water partition coefficient (Wildman–Crippen LogP) is 4.03. The van der Waals surface area contributed by atoms with Crippen molar-refractivity contribution < 1.29 is 23.0 Å². The van der Waals surface area contributed by atoms with E-state index in [0.717, 1.165) is 5.56 Å². The summed E-state index contributed by atoms with van der Waals surface area (Å²) in [5, 5.41) is 11.3. The number of alkyl halides is 2. The molecule has 1 saturated heterocycles. The zero-order valence-electron chi connectivity index (χ0n) is 21.9. The molecule has 12 nitrogen and oxygen atoms in total. The van der Waals surface area contributed by atoms with Crippen LogP contribution in [-0.4, -0.2) is 78.7 Å². The number of fused-ring (bicyclic) bond motifs is 2. The maximum absolute atomic E-state index is 14.9. The predicted molar refractivity (Wildman–Crippen MR) is 141 cm³/mol. The zero-order valence-corrected chi connectivity index (χ0v) is 21.9. The van der Waals surface area contributed by atoms with E-state index in [9.17, 15) is 8.78 Å². The van der Waals surface area contributed by atoms with E-state index >= 15 is 0 Å². The molecular weight excluding hydrogens is 524 g/mol. The molecule has 4 aromatic heterocycles. The van der Waals surface area contributed by atoms with E-state index in [2.05, 4.69) is 35.5 Å². The number of anilines is 2. The number of hydrogen-bond acceptors (Lipinski definition) is 11. The van der Waals surface area contributed by atoms with Crippen molar-refractivity contribution >= 4 is 28.2 Å². The first-order valence-corrected chi connectivity index (χ1v) is 12.4. The summed E-state index contributed by atoms with van der Waals surface area (Å²) in [6, 6.07) is 5.49. The average molecular weight is 550 g/mol. The lowest BCUT2D eigenvalue weighted by Crippen LogP contribution is -2.52. The first-order valence-electron chi connectivity index (χ1n) is 12.4. The lowest BCUT2D eigenvalue weighted by molar-refractivity contribution is -0.135. The van der Waals surface area contributed by atoms with Gasteiger partial charge in [0.25, 0.3) is 17.6 Å². The normalized spacial score (nSPS) is 17.2. The van der Waals surface area contributed by atoms with Crippen LogP contribution in [0.3, 0.4) is 0 Å². The van der Waals surface area contributed by atoms with Gasteiger partial charge >= 0.3 is 0 Å². The summed E-state index contributed by atoms with van der Waals surface area (Å²) in [7, 11) is 3.06. The molecule has 1 N–H and O–H groups in total. The largest absolute Gasteiger partial charge is 0.478 e. The third-order valence-corrected chi connectivity index (χ3v) is 6.57. The third kappa shape index (κ3) is 4.88. The van der Waals surface area contributed by atoms with Crippen molar-refractivity contribution in [2.45, 2.75) is 25.4 Å². The molecule has 1 aliphatic rings. The smallest absolute Gasteiger partial charge is 0.296 e. The number of nitrogens with one attached hydrogen (secondary N) is 1. The molecule has 1 atom stereocenters. The highest BCUT2D eigenvalue weighted by Gasteiger charge is 2.46. The number of nitrogens with zero attached hydrogens (tertiary/aromatic N) is 8. The molecule has 0 aliphatic carbocycles. The molecule has 40 heavy (non-hydrogen) atoms. The van der Waals surface area contributed by atoms with Crippen LogP contribution < -0.4 is 19.5 Å². The van der Waals surface area contributed by atoms with Gasteiger partial charge in [0.2, 0.25) is 0 Å². The SMILES string of the molecule is COc1ncc2ncnc(Nc3ccc(Oc4cnc5nncn5c4)c(C)c3)c2c1O[C@@H]1CCN(C)CC1(F)F. The van der Waals surface area contributed by atoms with E-state index in [1.807, 2.05) is 19.1 Å². The van der Waals surface area contributed by atoms with Crippen LogP contribution >= 0.6 is 0 Å². The van der Waals surface area contributed by atoms with Crippen molar-refractivity contribution in [3.05, 3.63) is 55.0 Å². The number of aromatic nitrogens is 7. The Bertz CT molecular complexity index is 1700. The van der Waals surface area contributed by atoms with Crippen LogP contribution in [-0.2, 0) is 0 Å². The summed E-state index contributed by atoms with van der Waals surface area (Å²) in [5.74, 6) is -0.978. The van der Waals surface area contributed by atoms with Crippen molar-refractivity contribution in [1.82, 2.24) is 39.4 Å². The Morgan fingerprint density at radius 3 is 2.80 bits per heavy atom. The number of likely N-dealkylation sites (tertiary alicyclic amines) is 1. The Labute approximate surface area is 227 Å². The minimum absolute atomic E-state index is 0.0610. The van der Waals surface area contributed by atoms with Gasteiger partial charge in [0, 0.05) is 18.7 Å². The molecule has 5 heterocycles. The quantitative estimate of drug-likeness (QED) is 0.316. The Morgan fingerprint density at radius 1 is 1.12 bits per heavy atom. The number of piperidine rings is 1. The van der Waals surface area contributed by atoms with Gasteiger partial charge < -0.3 is 24.4 Å². The topological polar surface area (TPSA) is 125 Å². The second-order valence-corrected chi connectivity index (χ2v) is 9.51. The molecule has 1 aromatic carbocycles. The van der Waals surface area contributed by atoms with Crippen molar-refractivity contribution in [2.75, 3.05) is 32.6 Å². The van der Waals surface area contributed by atoms with Crippen molar-refractivity contribution in [1.29, 1.82) is 0 Å². The van der Waals surface area contributed by atoms with E-state index in [4.69, 9.17) is 14.2 Å². The molecule has 0 bridgehead atoms. The van der Waals surface area contributed by atoms with Gasteiger partial charge in [-0.3, -0.25) is 4.40 Å². The van der Waals surface area contributed by atoms with Crippen LogP contribution in [0.1, 0.15) is 12.0 Å². The standard InChI is InChI=1S/C26H25F2N9O3/c1-15-8-16(4-5-19(15)39-17-9-30-25-35-33-14-37(25)11-17)34-23-21-18(31-13-32-23)10-29-24(38-3)22(21)40-20-6-7-36(2)12-26(20,27)28/h4-5,8-11,13-14,20H,6-7,12H2,1-3H3,(H,31,32,34)/t20-/m1/s1. The Balaban J connectivity index is 1.31. The average Bonchev–Trinajstić information content (AvgIpc) is 3.39. The van der Waals surface area contributed by atoms with Crippen molar-refractivity contribution in [3.8, 4) is 23.1 Å². The minimum atomic E-state index is -3.06. The number of rotatable bonds is 7. The molecule has 6 rings (SSSR count). The highest BCUT2D eigenvalue weighted by molar-refractivity contribution is 5.96. The number of benzene rings is 1. The number of pyridine rings is 1. The Kier molecular flexibility index (Phi) is 6.46. The van der Waals surface area contributed by atoms with E-state index in [0.29, 0.717) is 46.2 Å². The van der Waals surface area contributed by atoms with E-state index < -0.39 is 18.6 Å². The first-order chi connectivity index (χ1) is 19.3. The van der Waals surface area contributed by atoms with E-state index in [-0.39, 0.29) is 18.1 Å². The molecule has 0 amide bonds. The molecule has 0 unspecified atom stereocenters. The maximum atomic E-state index is 14.9. The van der Waals surface area contributed by atoms with Crippen LogP contribution in [0.2, 0.25) is 0 Å². The summed E-state index contributed by atoms with van der Waals surface area (Å²) < 4.78 is 48.8. The van der Waals surface area contributed by atoms with Gasteiger partial charge in [-0.05, 0) is 37.7 Å². The fourth-order valence-corrected chi connectivity index (χ4v) is 4.60. The van der Waals surface area contributed by atoms with Crippen LogP contribution in [0.4, 0.5) is 20.3 Å². The van der Waals surface area contributed by atoms with Gasteiger partial charge in [-0.2, -0.15) is 0 Å².